The highest BCUT2D eigenvalue weighted by Gasteiger charge is 2.15. The van der Waals surface area contributed by atoms with E-state index in [1.54, 1.807) is 21.6 Å². The lowest BCUT2D eigenvalue weighted by atomic mass is 10.2. The summed E-state index contributed by atoms with van der Waals surface area (Å²) < 4.78 is 3.56. The molecule has 0 atom stereocenters. The second kappa shape index (κ2) is 6.24. The fraction of sp³-hybridized carbons (Fsp3) is 0.105. The largest absolute Gasteiger partial charge is 0.348 e. The average molecular weight is 331 g/mol. The summed E-state index contributed by atoms with van der Waals surface area (Å²) in [5.74, 6) is -0.144. The van der Waals surface area contributed by atoms with Gasteiger partial charge in [0, 0.05) is 18.3 Å². The molecule has 0 saturated carbocycles. The van der Waals surface area contributed by atoms with Crippen molar-refractivity contribution >= 4 is 11.4 Å². The first kappa shape index (κ1) is 15.1. The van der Waals surface area contributed by atoms with E-state index >= 15 is 0 Å². The first-order chi connectivity index (χ1) is 12.2. The predicted molar refractivity (Wildman–Crippen MR) is 94.7 cm³/mol. The molecule has 4 rings (SSSR count). The van der Waals surface area contributed by atoms with E-state index in [2.05, 4.69) is 15.5 Å². The van der Waals surface area contributed by atoms with Crippen molar-refractivity contribution in [2.75, 3.05) is 0 Å². The van der Waals surface area contributed by atoms with Gasteiger partial charge in [-0.05, 0) is 31.2 Å². The van der Waals surface area contributed by atoms with Gasteiger partial charge in [-0.15, -0.1) is 0 Å². The summed E-state index contributed by atoms with van der Waals surface area (Å²) in [5, 5.41) is 11.6. The van der Waals surface area contributed by atoms with Crippen molar-refractivity contribution in [2.45, 2.75) is 13.5 Å². The number of amides is 1. The number of benzene rings is 1. The molecule has 0 radical (unpaired) electrons. The molecule has 3 heterocycles. The Bertz CT molecular complexity index is 1030. The van der Waals surface area contributed by atoms with Crippen molar-refractivity contribution in [1.82, 2.24) is 24.7 Å². The minimum Gasteiger partial charge on any atom is -0.348 e. The van der Waals surface area contributed by atoms with Crippen molar-refractivity contribution in [1.29, 1.82) is 0 Å². The van der Waals surface area contributed by atoms with Crippen LogP contribution in [0.2, 0.25) is 0 Å². The summed E-state index contributed by atoms with van der Waals surface area (Å²) in [6.45, 7) is 2.31. The Kier molecular flexibility index (Phi) is 3.78. The van der Waals surface area contributed by atoms with E-state index in [9.17, 15) is 4.79 Å². The van der Waals surface area contributed by atoms with Crippen molar-refractivity contribution in [3.05, 3.63) is 83.9 Å². The maximum absolute atomic E-state index is 12.5. The number of pyridine rings is 1. The molecule has 0 saturated heterocycles. The minimum atomic E-state index is -0.144. The van der Waals surface area contributed by atoms with Gasteiger partial charge in [-0.25, -0.2) is 9.20 Å². The number of hydrogen-bond acceptors (Lipinski definition) is 3. The van der Waals surface area contributed by atoms with Gasteiger partial charge in [0.1, 0.15) is 0 Å². The van der Waals surface area contributed by atoms with Crippen LogP contribution in [0.25, 0.3) is 11.2 Å². The van der Waals surface area contributed by atoms with Gasteiger partial charge in [-0.3, -0.25) is 4.79 Å². The number of nitrogens with zero attached hydrogens (tertiary/aromatic N) is 4. The molecular formula is C19H17N5O. The Balaban J connectivity index is 1.53. The summed E-state index contributed by atoms with van der Waals surface area (Å²) in [7, 11) is 0. The van der Waals surface area contributed by atoms with Crippen molar-refractivity contribution in [3.8, 4) is 5.69 Å². The van der Waals surface area contributed by atoms with Gasteiger partial charge in [0.15, 0.2) is 0 Å². The molecule has 124 valence electrons. The van der Waals surface area contributed by atoms with Crippen LogP contribution in [0.1, 0.15) is 21.6 Å². The summed E-state index contributed by atoms with van der Waals surface area (Å²) in [5.41, 5.74) is 4.27. The Labute approximate surface area is 144 Å². The summed E-state index contributed by atoms with van der Waals surface area (Å²) >= 11 is 0. The molecule has 3 aromatic heterocycles. The average Bonchev–Trinajstić information content (AvgIpc) is 3.24. The van der Waals surface area contributed by atoms with Crippen molar-refractivity contribution < 1.29 is 4.79 Å². The summed E-state index contributed by atoms with van der Waals surface area (Å²) in [6.07, 6.45) is 5.26. The molecule has 6 heteroatoms. The van der Waals surface area contributed by atoms with Gasteiger partial charge in [-0.1, -0.05) is 24.3 Å². The van der Waals surface area contributed by atoms with Crippen molar-refractivity contribution in [3.63, 3.8) is 0 Å². The molecule has 0 spiro atoms. The van der Waals surface area contributed by atoms with Crippen LogP contribution in [0, 0.1) is 6.92 Å². The van der Waals surface area contributed by atoms with Crippen LogP contribution in [0.5, 0.6) is 0 Å². The lowest BCUT2D eigenvalue weighted by Gasteiger charge is -2.06. The quantitative estimate of drug-likeness (QED) is 0.625. The highest BCUT2D eigenvalue weighted by molar-refractivity contribution is 5.95. The van der Waals surface area contributed by atoms with Gasteiger partial charge in [0.2, 0.25) is 0 Å². The summed E-state index contributed by atoms with van der Waals surface area (Å²) in [4.78, 5) is 12.5. The lowest BCUT2D eigenvalue weighted by molar-refractivity contribution is 0.0950. The zero-order valence-electron chi connectivity index (χ0n) is 13.8. The molecule has 25 heavy (non-hydrogen) atoms. The predicted octanol–water partition coefficient (Wildman–Crippen LogP) is 2.76. The molecule has 0 bridgehead atoms. The maximum atomic E-state index is 12.5. The Morgan fingerprint density at radius 1 is 1.04 bits per heavy atom. The number of hydrogen-bond donors (Lipinski definition) is 1. The molecule has 1 amide bonds. The van der Waals surface area contributed by atoms with E-state index in [0.29, 0.717) is 12.1 Å². The second-order valence-electron chi connectivity index (χ2n) is 5.77. The van der Waals surface area contributed by atoms with Crippen LogP contribution >= 0.6 is 0 Å². The van der Waals surface area contributed by atoms with Crippen molar-refractivity contribution in [2.24, 2.45) is 0 Å². The number of rotatable bonds is 4. The van der Waals surface area contributed by atoms with Crippen LogP contribution in [0.15, 0.2) is 67.1 Å². The van der Waals surface area contributed by atoms with E-state index < -0.39 is 0 Å². The molecule has 6 nitrogen and oxygen atoms in total. The standard InChI is InChI=1S/C19H17N5O/c1-14-17(13-22-24(14)16-7-3-2-4-8-16)19(25)20-11-15-12-21-23-10-6-5-9-18(15)23/h2-10,12-13H,11H2,1H3,(H,20,25). The van der Waals surface area contributed by atoms with E-state index in [-0.39, 0.29) is 5.91 Å². The number of fused-ring (bicyclic) bond motifs is 1. The normalized spacial score (nSPS) is 10.9. The molecule has 0 fully saturated rings. The van der Waals surface area contributed by atoms with E-state index in [4.69, 9.17) is 0 Å². The SMILES string of the molecule is Cc1c(C(=O)NCc2cnn3ccccc23)cnn1-c1ccccc1. The molecular weight excluding hydrogens is 314 g/mol. The number of carbonyl (C=O) groups excluding carboxylic acids is 1. The highest BCUT2D eigenvalue weighted by Crippen LogP contribution is 2.14. The summed E-state index contributed by atoms with van der Waals surface area (Å²) in [6, 6.07) is 15.6. The fourth-order valence-corrected chi connectivity index (χ4v) is 2.86. The topological polar surface area (TPSA) is 64.2 Å². The molecule has 0 aliphatic rings. The van der Waals surface area contributed by atoms with Gasteiger partial charge < -0.3 is 5.32 Å². The van der Waals surface area contributed by atoms with E-state index in [1.807, 2.05) is 61.7 Å². The van der Waals surface area contributed by atoms with Gasteiger partial charge in [0.25, 0.3) is 5.91 Å². The Morgan fingerprint density at radius 2 is 1.84 bits per heavy atom. The van der Waals surface area contributed by atoms with E-state index in [1.165, 1.54) is 0 Å². The molecule has 0 unspecified atom stereocenters. The van der Waals surface area contributed by atoms with Crippen LogP contribution in [0.3, 0.4) is 0 Å². The third-order valence-corrected chi connectivity index (χ3v) is 4.20. The van der Waals surface area contributed by atoms with Gasteiger partial charge >= 0.3 is 0 Å². The zero-order valence-corrected chi connectivity index (χ0v) is 13.8. The van der Waals surface area contributed by atoms with Gasteiger partial charge in [0.05, 0.1) is 34.9 Å². The minimum absolute atomic E-state index is 0.144. The van der Waals surface area contributed by atoms with Crippen LogP contribution < -0.4 is 5.32 Å². The second-order valence-corrected chi connectivity index (χ2v) is 5.77. The molecule has 4 aromatic rings. The van der Waals surface area contributed by atoms with Gasteiger partial charge in [-0.2, -0.15) is 10.2 Å². The number of carbonyl (C=O) groups is 1. The third-order valence-electron chi connectivity index (χ3n) is 4.20. The first-order valence-corrected chi connectivity index (χ1v) is 8.03. The molecule has 1 N–H and O–H groups in total. The van der Waals surface area contributed by atoms with Crippen LogP contribution in [-0.2, 0) is 6.54 Å². The number of para-hydroxylation sites is 1. The third kappa shape index (κ3) is 2.78. The van der Waals surface area contributed by atoms with Crippen LogP contribution in [-0.4, -0.2) is 25.3 Å². The Hall–Kier alpha value is -3.41. The molecule has 1 aromatic carbocycles. The monoisotopic (exact) mass is 331 g/mol. The highest BCUT2D eigenvalue weighted by atomic mass is 16.1. The number of nitrogens with one attached hydrogen (secondary N) is 1. The first-order valence-electron chi connectivity index (χ1n) is 8.03. The molecule has 0 aliphatic carbocycles. The molecule has 0 aliphatic heterocycles. The maximum Gasteiger partial charge on any atom is 0.255 e. The fourth-order valence-electron chi connectivity index (χ4n) is 2.86. The van der Waals surface area contributed by atoms with Crippen LogP contribution in [0.4, 0.5) is 0 Å². The number of aromatic nitrogens is 4. The van der Waals surface area contributed by atoms with E-state index in [0.717, 1.165) is 22.5 Å². The smallest absolute Gasteiger partial charge is 0.255 e. The Morgan fingerprint density at radius 3 is 2.68 bits per heavy atom. The zero-order chi connectivity index (χ0) is 17.2. The lowest BCUT2D eigenvalue weighted by Crippen LogP contribution is -2.23.